The summed E-state index contributed by atoms with van der Waals surface area (Å²) in [5.74, 6) is -6.12. The van der Waals surface area contributed by atoms with E-state index >= 15 is 0 Å². The predicted molar refractivity (Wildman–Crippen MR) is 65.9 cm³/mol. The average Bonchev–Trinajstić information content (AvgIpc) is 2.22. The topological polar surface area (TPSA) is 230 Å². The van der Waals surface area contributed by atoms with E-state index in [2.05, 4.69) is 0 Å². The molecule has 0 aliphatic rings. The van der Waals surface area contributed by atoms with Crippen LogP contribution < -0.4 is 123 Å². The number of hydrogen-bond donors (Lipinski definition) is 0. The summed E-state index contributed by atoms with van der Waals surface area (Å²) in [6, 6.07) is 0. The molecule has 0 aliphatic carbocycles. The van der Waals surface area contributed by atoms with Crippen LogP contribution in [-0.2, 0) is 19.2 Å². The fraction of sp³-hybridized carbons (Fsp3) is 0.600. The van der Waals surface area contributed by atoms with Gasteiger partial charge in [0.2, 0.25) is 0 Å². The van der Waals surface area contributed by atoms with Gasteiger partial charge in [0.05, 0.1) is 23.9 Å². The molecule has 0 aromatic rings. The van der Waals surface area contributed by atoms with Crippen LogP contribution in [0.2, 0.25) is 0 Å². The molecule has 0 saturated carbocycles. The Morgan fingerprint density at radius 2 is 0.720 bits per heavy atom. The van der Waals surface area contributed by atoms with Crippen LogP contribution >= 0.6 is 0 Å². The Morgan fingerprint density at radius 1 is 0.560 bits per heavy atom. The normalized spacial score (nSPS) is 8.56. The van der Waals surface area contributed by atoms with Crippen molar-refractivity contribution in [3.8, 4) is 0 Å². The molecule has 12 nitrogen and oxygen atoms in total. The number of aliphatic carboxylic acids is 4. The summed E-state index contributed by atoms with van der Waals surface area (Å²) in [5, 5.41) is 41.6. The van der Waals surface area contributed by atoms with Gasteiger partial charge in [-0.05, 0) is 0 Å². The molecule has 0 rings (SSSR count). The fourth-order valence-electron chi connectivity index (χ4n) is 1.44. The second-order valence-corrected chi connectivity index (χ2v) is 3.91. The van der Waals surface area contributed by atoms with Gasteiger partial charge in [-0.1, -0.05) is 0 Å². The first-order chi connectivity index (χ1) is 9.20. The summed E-state index contributed by atoms with van der Waals surface area (Å²) in [5.41, 5.74) is 0. The van der Waals surface area contributed by atoms with Crippen LogP contribution in [0.4, 0.5) is 0 Å². The van der Waals surface area contributed by atoms with E-state index < -0.39 is 50.1 Å². The molecular weight excluding hydrogens is 411 g/mol. The summed E-state index contributed by atoms with van der Waals surface area (Å²) in [4.78, 5) is 43.4. The van der Waals surface area contributed by atoms with E-state index in [9.17, 15) is 39.6 Å². The van der Waals surface area contributed by atoms with E-state index in [4.69, 9.17) is 0 Å². The largest absolute Gasteiger partial charge is 2.00 e. The molecule has 0 aromatic heterocycles. The zero-order valence-corrected chi connectivity index (χ0v) is 21.8. The van der Waals surface area contributed by atoms with Crippen molar-refractivity contribution in [3.05, 3.63) is 0 Å². The van der Waals surface area contributed by atoms with Gasteiger partial charge >= 0.3 is 126 Å². The third-order valence-corrected chi connectivity index (χ3v) is 2.14. The molecule has 130 valence electrons. The Hall–Kier alpha value is 1.76. The summed E-state index contributed by atoms with van der Waals surface area (Å²) < 4.78 is 0. The number of nitrogens with zero attached hydrogens (tertiary/aromatic N) is 2. The minimum Gasteiger partial charge on any atom is -0.549 e. The van der Waals surface area contributed by atoms with Gasteiger partial charge in [0.15, 0.2) is 0 Å². The molecule has 0 amide bonds. The number of carbonyl (C=O) groups is 4. The van der Waals surface area contributed by atoms with E-state index in [1.807, 2.05) is 0 Å². The number of hydrogen-bond acceptors (Lipinski definition) is 10. The maximum Gasteiger partial charge on any atom is 2.00 e. The Morgan fingerprint density at radius 3 is 0.840 bits per heavy atom. The minimum atomic E-state index is -1.53. The molecule has 0 saturated heterocycles. The van der Waals surface area contributed by atoms with Crippen LogP contribution in [0.25, 0.3) is 0 Å². The maximum atomic E-state index is 10.4. The van der Waals surface area contributed by atoms with E-state index in [0.717, 1.165) is 9.80 Å². The van der Waals surface area contributed by atoms with Gasteiger partial charge in [0.1, 0.15) is 0 Å². The van der Waals surface area contributed by atoms with E-state index in [1.165, 1.54) is 0 Å². The van der Waals surface area contributed by atoms with Crippen molar-refractivity contribution in [1.29, 1.82) is 0 Å². The molecule has 0 spiro atoms. The summed E-state index contributed by atoms with van der Waals surface area (Å²) >= 11 is 0. The maximum absolute atomic E-state index is 10.4. The number of carboxylic acids is 4. The fourth-order valence-corrected chi connectivity index (χ4v) is 1.44. The molecule has 25 heavy (non-hydrogen) atoms. The molecule has 0 fully saturated rings. The molecule has 0 heterocycles. The molecule has 0 atom stereocenters. The van der Waals surface area contributed by atoms with Crippen LogP contribution in [0.15, 0.2) is 0 Å². The second-order valence-electron chi connectivity index (χ2n) is 3.91. The summed E-state index contributed by atoms with van der Waals surface area (Å²) in [6.45, 7) is -3.25. The molecule has 0 radical (unpaired) electrons. The van der Waals surface area contributed by atoms with E-state index in [0.29, 0.717) is 0 Å². The molecular formula is C10H16K2MgN2O10. The Bertz CT molecular complexity index is 334. The first-order valence-electron chi connectivity index (χ1n) is 5.44. The van der Waals surface area contributed by atoms with Crippen LogP contribution in [0.5, 0.6) is 0 Å². The second kappa shape index (κ2) is 23.8. The van der Waals surface area contributed by atoms with Crippen molar-refractivity contribution in [2.75, 3.05) is 39.3 Å². The average molecular weight is 427 g/mol. The predicted octanol–water partition coefficient (Wildman–Crippen LogP) is -15.4. The molecule has 0 aromatic carbocycles. The number of carbonyl (C=O) groups excluding carboxylic acids is 4. The summed E-state index contributed by atoms with van der Waals surface area (Å²) in [6.07, 6.45) is 0. The van der Waals surface area contributed by atoms with Crippen molar-refractivity contribution in [3.63, 3.8) is 0 Å². The number of rotatable bonds is 11. The van der Waals surface area contributed by atoms with Crippen LogP contribution in [0.3, 0.4) is 0 Å². The molecule has 0 aliphatic heterocycles. The van der Waals surface area contributed by atoms with Gasteiger partial charge in [-0.3, -0.25) is 9.80 Å². The zero-order chi connectivity index (χ0) is 15.7. The Kier molecular flexibility index (Phi) is 39.2. The van der Waals surface area contributed by atoms with Gasteiger partial charge < -0.3 is 50.6 Å². The van der Waals surface area contributed by atoms with Gasteiger partial charge in [-0.2, -0.15) is 0 Å². The van der Waals surface area contributed by atoms with Gasteiger partial charge in [-0.15, -0.1) is 0 Å². The molecule has 0 bridgehead atoms. The SMILES string of the molecule is O.O.O=C([O-])CN(CCN(CC(=O)[O-])CC(=O)[O-])CC(=O)[O-].[K+].[K+].[Mg+2]. The van der Waals surface area contributed by atoms with Crippen molar-refractivity contribution < 1.29 is 153 Å². The van der Waals surface area contributed by atoms with Gasteiger partial charge in [0.25, 0.3) is 0 Å². The molecule has 0 unspecified atom stereocenters. The summed E-state index contributed by atoms with van der Waals surface area (Å²) in [7, 11) is 0. The monoisotopic (exact) mass is 426 g/mol. The van der Waals surface area contributed by atoms with E-state index in [-0.39, 0.29) is 150 Å². The first-order valence-corrected chi connectivity index (χ1v) is 5.44. The smallest absolute Gasteiger partial charge is 0.549 e. The van der Waals surface area contributed by atoms with Crippen LogP contribution in [0.1, 0.15) is 0 Å². The van der Waals surface area contributed by atoms with E-state index in [1.54, 1.807) is 0 Å². The third kappa shape index (κ3) is 28.1. The third-order valence-electron chi connectivity index (χ3n) is 2.14. The first kappa shape index (κ1) is 41.2. The van der Waals surface area contributed by atoms with Crippen LogP contribution in [0, 0.1) is 0 Å². The quantitative estimate of drug-likeness (QED) is 0.283. The van der Waals surface area contributed by atoms with Gasteiger partial charge in [0, 0.05) is 39.3 Å². The number of carboxylic acid groups (broad SMARTS) is 4. The Labute approximate surface area is 244 Å². The Balaban J connectivity index is -0.000000180. The van der Waals surface area contributed by atoms with Crippen LogP contribution in [-0.4, -0.2) is 107 Å². The van der Waals surface area contributed by atoms with Crippen molar-refractivity contribution in [2.45, 2.75) is 0 Å². The van der Waals surface area contributed by atoms with Crippen molar-refractivity contribution in [2.24, 2.45) is 0 Å². The minimum absolute atomic E-state index is 0. The molecule has 4 N–H and O–H groups in total. The van der Waals surface area contributed by atoms with Crippen molar-refractivity contribution in [1.82, 2.24) is 9.80 Å². The molecule has 15 heteroatoms. The zero-order valence-electron chi connectivity index (χ0n) is 14.1. The van der Waals surface area contributed by atoms with Crippen molar-refractivity contribution >= 4 is 46.9 Å². The standard InChI is InChI=1S/C10H16N2O8.2K.Mg.2H2O/c13-7(14)3-11(4-8(15)16)1-2-12(5-9(17)18)6-10(19)20;;;;;/h1-6H2,(H,13,14)(H,15,16)(H,17,18)(H,19,20);;;;2*1H2/q;2*+1;+2;;/p-4. The van der Waals surface area contributed by atoms with Gasteiger partial charge in [-0.25, -0.2) is 0 Å².